The van der Waals surface area contributed by atoms with Crippen molar-refractivity contribution in [3.63, 3.8) is 0 Å². The Morgan fingerprint density at radius 2 is 1.63 bits per heavy atom. The van der Waals surface area contributed by atoms with Crippen molar-refractivity contribution in [2.75, 3.05) is 17.1 Å². The molecule has 1 N–H and O–H groups in total. The fourth-order valence-electron chi connectivity index (χ4n) is 4.04. The lowest BCUT2D eigenvalue weighted by Crippen LogP contribution is -2.53. The van der Waals surface area contributed by atoms with Crippen molar-refractivity contribution < 1.29 is 18.0 Å². The Balaban J connectivity index is 2.31. The second-order valence-electron chi connectivity index (χ2n) is 10.3. The molecule has 0 aliphatic carbocycles. The van der Waals surface area contributed by atoms with Crippen molar-refractivity contribution in [3.8, 4) is 0 Å². The van der Waals surface area contributed by atoms with Crippen molar-refractivity contribution in [3.05, 3.63) is 62.6 Å². The minimum atomic E-state index is -3.63. The van der Waals surface area contributed by atoms with Gasteiger partial charge >= 0.3 is 0 Å². The van der Waals surface area contributed by atoms with Crippen LogP contribution < -0.4 is 9.62 Å². The molecule has 38 heavy (non-hydrogen) atoms. The van der Waals surface area contributed by atoms with Gasteiger partial charge in [0.05, 0.1) is 11.9 Å². The number of aryl methyl sites for hydroxylation is 1. The van der Waals surface area contributed by atoms with Gasteiger partial charge in [0.15, 0.2) is 0 Å². The third kappa shape index (κ3) is 9.33. The van der Waals surface area contributed by atoms with E-state index < -0.39 is 21.6 Å². The van der Waals surface area contributed by atoms with Crippen molar-refractivity contribution in [2.45, 2.75) is 72.0 Å². The van der Waals surface area contributed by atoms with E-state index in [1.54, 1.807) is 43.3 Å². The number of rotatable bonds is 11. The summed E-state index contributed by atoms with van der Waals surface area (Å²) in [5, 5.41) is 4.22. The van der Waals surface area contributed by atoms with Crippen LogP contribution in [0.5, 0.6) is 0 Å². The molecule has 0 saturated carbocycles. The molecule has 0 fully saturated rings. The molecule has 210 valence electrons. The van der Waals surface area contributed by atoms with Crippen LogP contribution >= 0.6 is 34.8 Å². The summed E-state index contributed by atoms with van der Waals surface area (Å²) in [5.41, 5.74) is 1.38. The van der Waals surface area contributed by atoms with Gasteiger partial charge in [-0.1, -0.05) is 53.9 Å². The Hall–Kier alpha value is -2.00. The van der Waals surface area contributed by atoms with Crippen LogP contribution in [0.25, 0.3) is 0 Å². The number of carbonyl (C=O) groups is 2. The topological polar surface area (TPSA) is 86.8 Å². The van der Waals surface area contributed by atoms with Gasteiger partial charge in [-0.25, -0.2) is 8.42 Å². The highest BCUT2D eigenvalue weighted by atomic mass is 35.5. The van der Waals surface area contributed by atoms with E-state index in [1.165, 1.54) is 9.21 Å². The van der Waals surface area contributed by atoms with Gasteiger partial charge in [0, 0.05) is 40.1 Å². The third-order valence-electron chi connectivity index (χ3n) is 5.83. The first kappa shape index (κ1) is 32.2. The number of amides is 2. The Bertz CT molecular complexity index is 1260. The fourth-order valence-corrected chi connectivity index (χ4v) is 5.69. The Morgan fingerprint density at radius 3 is 2.18 bits per heavy atom. The van der Waals surface area contributed by atoms with Crippen molar-refractivity contribution in [2.24, 2.45) is 0 Å². The first-order valence-corrected chi connectivity index (χ1v) is 15.3. The summed E-state index contributed by atoms with van der Waals surface area (Å²) >= 11 is 18.6. The van der Waals surface area contributed by atoms with Crippen molar-refractivity contribution >= 4 is 62.3 Å². The molecule has 2 aromatic carbocycles. The van der Waals surface area contributed by atoms with E-state index in [0.717, 1.165) is 11.8 Å². The molecule has 7 nitrogen and oxygen atoms in total. The average Bonchev–Trinajstić information content (AvgIpc) is 2.77. The molecule has 0 bridgehead atoms. The largest absolute Gasteiger partial charge is 0.350 e. The summed E-state index contributed by atoms with van der Waals surface area (Å²) in [5.74, 6) is -0.561. The lowest BCUT2D eigenvalue weighted by atomic mass is 10.0. The van der Waals surface area contributed by atoms with Crippen LogP contribution in [0.4, 0.5) is 5.69 Å². The lowest BCUT2D eigenvalue weighted by Gasteiger charge is -2.33. The number of carbonyl (C=O) groups excluding carboxylic acids is 2. The second-order valence-corrected chi connectivity index (χ2v) is 13.5. The number of hydrogen-bond donors (Lipinski definition) is 1. The number of halogens is 3. The highest BCUT2D eigenvalue weighted by Crippen LogP contribution is 2.28. The zero-order valence-corrected chi connectivity index (χ0v) is 25.7. The number of hydrogen-bond acceptors (Lipinski definition) is 4. The van der Waals surface area contributed by atoms with Gasteiger partial charge in [-0.2, -0.15) is 0 Å². The summed E-state index contributed by atoms with van der Waals surface area (Å²) in [6.07, 6.45) is 1.76. The lowest BCUT2D eigenvalue weighted by molar-refractivity contribution is -0.142. The molecule has 2 rings (SSSR count). The molecule has 0 aromatic heterocycles. The first-order valence-electron chi connectivity index (χ1n) is 12.3. The van der Waals surface area contributed by atoms with Crippen LogP contribution in [-0.2, 0) is 26.2 Å². The third-order valence-corrected chi connectivity index (χ3v) is 7.83. The minimum absolute atomic E-state index is 0.0239. The van der Waals surface area contributed by atoms with E-state index in [1.807, 2.05) is 27.7 Å². The Kier molecular flexibility index (Phi) is 11.3. The van der Waals surface area contributed by atoms with Gasteiger partial charge in [0.2, 0.25) is 21.8 Å². The molecule has 11 heteroatoms. The molecule has 0 aliphatic rings. The number of benzene rings is 2. The molecule has 0 unspecified atom stereocenters. The molecule has 0 aliphatic heterocycles. The summed E-state index contributed by atoms with van der Waals surface area (Å²) in [6.45, 7) is 9.43. The van der Waals surface area contributed by atoms with Crippen LogP contribution in [0.3, 0.4) is 0 Å². The van der Waals surface area contributed by atoms with E-state index in [2.05, 4.69) is 5.32 Å². The maximum atomic E-state index is 13.6. The molecule has 2 amide bonds. The second kappa shape index (κ2) is 13.4. The Morgan fingerprint density at radius 1 is 1.03 bits per heavy atom. The van der Waals surface area contributed by atoms with Crippen LogP contribution in [0.15, 0.2) is 36.4 Å². The first-order chi connectivity index (χ1) is 17.5. The zero-order valence-electron chi connectivity index (χ0n) is 22.6. The standard InChI is InChI=1S/C27H36Cl3N3O4S/c1-7-23(26(35)31-27(3,4)5)32(17-19-11-13-20(28)15-22(19)30)25(34)9-8-14-33(38(6,36)37)24-16-21(29)12-10-18(24)2/h10-13,15-16,23H,7-9,14,17H2,1-6H3,(H,31,35)/t23-/m0/s1. The number of nitrogens with one attached hydrogen (secondary N) is 1. The predicted octanol–water partition coefficient (Wildman–Crippen LogP) is 6.22. The van der Waals surface area contributed by atoms with Gasteiger partial charge in [-0.15, -0.1) is 0 Å². The van der Waals surface area contributed by atoms with E-state index in [-0.39, 0.29) is 37.7 Å². The number of sulfonamides is 1. The van der Waals surface area contributed by atoms with Crippen LogP contribution in [-0.4, -0.2) is 49.5 Å². The number of nitrogens with zero attached hydrogens (tertiary/aromatic N) is 2. The zero-order chi connectivity index (χ0) is 28.8. The van der Waals surface area contributed by atoms with Crippen molar-refractivity contribution in [1.29, 1.82) is 0 Å². The molecule has 2 aromatic rings. The van der Waals surface area contributed by atoms with E-state index in [0.29, 0.717) is 32.7 Å². The maximum Gasteiger partial charge on any atom is 0.243 e. The number of anilines is 1. The minimum Gasteiger partial charge on any atom is -0.350 e. The highest BCUT2D eigenvalue weighted by molar-refractivity contribution is 7.92. The Labute approximate surface area is 241 Å². The molecule has 0 radical (unpaired) electrons. The summed E-state index contributed by atoms with van der Waals surface area (Å²) < 4.78 is 26.4. The van der Waals surface area contributed by atoms with E-state index in [9.17, 15) is 18.0 Å². The van der Waals surface area contributed by atoms with Crippen molar-refractivity contribution in [1.82, 2.24) is 10.2 Å². The quantitative estimate of drug-likeness (QED) is 0.330. The van der Waals surface area contributed by atoms with Gasteiger partial charge < -0.3 is 10.2 Å². The van der Waals surface area contributed by atoms with Crippen LogP contribution in [0.2, 0.25) is 15.1 Å². The summed E-state index contributed by atoms with van der Waals surface area (Å²) in [4.78, 5) is 28.3. The highest BCUT2D eigenvalue weighted by Gasteiger charge is 2.31. The molecule has 0 spiro atoms. The van der Waals surface area contributed by atoms with Gasteiger partial charge in [0.1, 0.15) is 6.04 Å². The summed E-state index contributed by atoms with van der Waals surface area (Å²) in [6, 6.07) is 9.30. The fraction of sp³-hybridized carbons (Fsp3) is 0.481. The van der Waals surface area contributed by atoms with Gasteiger partial charge in [-0.3, -0.25) is 13.9 Å². The van der Waals surface area contributed by atoms with Gasteiger partial charge in [-0.05, 0) is 75.9 Å². The molecule has 0 saturated heterocycles. The normalized spacial score (nSPS) is 12.7. The van der Waals surface area contributed by atoms with Crippen LogP contribution in [0, 0.1) is 6.92 Å². The smallest absolute Gasteiger partial charge is 0.243 e. The maximum absolute atomic E-state index is 13.6. The average molecular weight is 605 g/mol. The molecular formula is C27H36Cl3N3O4S. The van der Waals surface area contributed by atoms with Crippen LogP contribution in [0.1, 0.15) is 58.1 Å². The molecular weight excluding hydrogens is 569 g/mol. The molecule has 1 atom stereocenters. The van der Waals surface area contributed by atoms with Gasteiger partial charge in [0.25, 0.3) is 0 Å². The summed E-state index contributed by atoms with van der Waals surface area (Å²) in [7, 11) is -3.63. The SMILES string of the molecule is CC[C@@H](C(=O)NC(C)(C)C)N(Cc1ccc(Cl)cc1Cl)C(=O)CCCN(c1cc(Cl)ccc1C)S(C)(=O)=O. The monoisotopic (exact) mass is 603 g/mol. The predicted molar refractivity (Wildman–Crippen MR) is 157 cm³/mol. The molecule has 0 heterocycles. The van der Waals surface area contributed by atoms with E-state index >= 15 is 0 Å². The van der Waals surface area contributed by atoms with E-state index in [4.69, 9.17) is 34.8 Å².